The molecule has 37 heavy (non-hydrogen) atoms. The lowest BCUT2D eigenvalue weighted by Crippen LogP contribution is -2.22. The zero-order valence-corrected chi connectivity index (χ0v) is 22.5. The van der Waals surface area contributed by atoms with Crippen molar-refractivity contribution >= 4 is 39.0 Å². The number of nitrogens with one attached hydrogen (secondary N) is 1. The number of benzene rings is 1. The van der Waals surface area contributed by atoms with E-state index < -0.39 is 33.3 Å². The van der Waals surface area contributed by atoms with E-state index in [1.54, 1.807) is 39.8 Å². The summed E-state index contributed by atoms with van der Waals surface area (Å²) >= 11 is 6.10. The van der Waals surface area contributed by atoms with E-state index in [0.29, 0.717) is 0 Å². The molecule has 196 valence electrons. The molecule has 3 aromatic rings. The SMILES string of the molecule is Cc1nc(F)ccc1Oc1nnc(Cl)c(C)c1C(=O)Nc1cccc([S@@](C)(=O)=NC(=O)OC(C)(C)C)c1. The lowest BCUT2D eigenvalue weighted by Gasteiger charge is -2.17. The van der Waals surface area contributed by atoms with Gasteiger partial charge in [0.2, 0.25) is 5.95 Å². The first-order valence-corrected chi connectivity index (χ1v) is 13.2. The second-order valence-electron chi connectivity index (χ2n) is 8.97. The van der Waals surface area contributed by atoms with Crippen molar-refractivity contribution in [1.82, 2.24) is 15.2 Å². The molecule has 13 heteroatoms. The quantitative estimate of drug-likeness (QED) is 0.400. The molecule has 2 aromatic heterocycles. The van der Waals surface area contributed by atoms with E-state index in [2.05, 4.69) is 24.9 Å². The summed E-state index contributed by atoms with van der Waals surface area (Å²) in [6.07, 6.45) is 0.328. The second-order valence-corrected chi connectivity index (χ2v) is 11.6. The maximum atomic E-state index is 13.4. The van der Waals surface area contributed by atoms with Gasteiger partial charge in [0.25, 0.3) is 11.8 Å². The Bertz CT molecular complexity index is 1500. The molecular weight excluding hydrogens is 525 g/mol. The van der Waals surface area contributed by atoms with Crippen molar-refractivity contribution in [3.63, 3.8) is 0 Å². The van der Waals surface area contributed by atoms with E-state index in [1.807, 2.05) is 0 Å². The number of pyridine rings is 1. The lowest BCUT2D eigenvalue weighted by atomic mass is 10.1. The van der Waals surface area contributed by atoms with Crippen molar-refractivity contribution in [3.05, 3.63) is 64.3 Å². The Kier molecular flexibility index (Phi) is 8.13. The number of hydrogen-bond acceptors (Lipinski definition) is 8. The standard InChI is InChI=1S/C24H25ClFN5O5S/c1-13-19(22(30-29-20(13)25)35-17-10-11-18(26)27-14(17)2)21(32)28-15-8-7-9-16(12-15)37(6,34)31-23(33)36-24(3,4)5/h7-12H,1-6H3,(H,28,32)/t37-/m1/s1. The molecular formula is C24H25ClFN5O5S. The van der Waals surface area contributed by atoms with Gasteiger partial charge in [-0.05, 0) is 65.0 Å². The summed E-state index contributed by atoms with van der Waals surface area (Å²) in [5.41, 5.74) is -0.0438. The van der Waals surface area contributed by atoms with Crippen LogP contribution in [0.25, 0.3) is 0 Å². The van der Waals surface area contributed by atoms with Crippen molar-refractivity contribution in [2.45, 2.75) is 45.1 Å². The fourth-order valence-corrected chi connectivity index (χ4v) is 4.26. The summed E-state index contributed by atoms with van der Waals surface area (Å²) in [7, 11) is -3.18. The molecule has 0 unspecified atom stereocenters. The van der Waals surface area contributed by atoms with Crippen molar-refractivity contribution < 1.29 is 27.7 Å². The Hall–Kier alpha value is -3.64. The van der Waals surface area contributed by atoms with E-state index >= 15 is 0 Å². The van der Waals surface area contributed by atoms with Gasteiger partial charge in [-0.2, -0.15) is 4.39 Å². The number of rotatable bonds is 5. The summed E-state index contributed by atoms with van der Waals surface area (Å²) in [5, 5.41) is 10.3. The van der Waals surface area contributed by atoms with Crippen molar-refractivity contribution in [2.75, 3.05) is 11.6 Å². The first-order valence-electron chi connectivity index (χ1n) is 10.9. The van der Waals surface area contributed by atoms with Gasteiger partial charge in [-0.15, -0.1) is 14.6 Å². The van der Waals surface area contributed by atoms with Gasteiger partial charge in [-0.25, -0.2) is 14.0 Å². The fourth-order valence-electron chi connectivity index (χ4n) is 3.02. The Labute approximate surface area is 218 Å². The Morgan fingerprint density at radius 1 is 1.14 bits per heavy atom. The maximum absolute atomic E-state index is 13.4. The zero-order chi connectivity index (χ0) is 27.5. The van der Waals surface area contributed by atoms with Crippen LogP contribution in [-0.2, 0) is 14.5 Å². The first-order chi connectivity index (χ1) is 17.2. The molecule has 2 amide bonds. The molecule has 1 aromatic carbocycles. The summed E-state index contributed by atoms with van der Waals surface area (Å²) in [6.45, 7) is 8.10. The van der Waals surface area contributed by atoms with Gasteiger partial charge in [-0.3, -0.25) is 4.79 Å². The third-order valence-electron chi connectivity index (χ3n) is 4.74. The average molecular weight is 550 g/mol. The van der Waals surface area contributed by atoms with Gasteiger partial charge >= 0.3 is 6.09 Å². The molecule has 1 N–H and O–H groups in total. The van der Waals surface area contributed by atoms with Crippen LogP contribution in [0.15, 0.2) is 45.7 Å². The second kappa shape index (κ2) is 10.8. The molecule has 0 aliphatic heterocycles. The molecule has 0 aliphatic rings. The molecule has 0 spiro atoms. The van der Waals surface area contributed by atoms with E-state index in [0.717, 1.165) is 6.07 Å². The number of ether oxygens (including phenoxy) is 2. The van der Waals surface area contributed by atoms with Gasteiger partial charge < -0.3 is 14.8 Å². The normalized spacial score (nSPS) is 12.9. The summed E-state index contributed by atoms with van der Waals surface area (Å²) in [4.78, 5) is 29.2. The van der Waals surface area contributed by atoms with E-state index in [9.17, 15) is 18.2 Å². The van der Waals surface area contributed by atoms with E-state index in [1.165, 1.54) is 31.4 Å². The fraction of sp³-hybridized carbons (Fsp3) is 0.292. The summed E-state index contributed by atoms with van der Waals surface area (Å²) in [6, 6.07) is 8.50. The molecule has 0 saturated carbocycles. The van der Waals surface area contributed by atoms with Gasteiger partial charge in [-0.1, -0.05) is 17.7 Å². The predicted octanol–water partition coefficient (Wildman–Crippen LogP) is 5.72. The number of carbonyl (C=O) groups excluding carboxylic acids is 2. The largest absolute Gasteiger partial charge is 0.442 e. The molecule has 0 fully saturated rings. The highest BCUT2D eigenvalue weighted by Crippen LogP contribution is 2.30. The number of carbonyl (C=O) groups is 2. The topological polar surface area (TPSA) is 133 Å². The maximum Gasteiger partial charge on any atom is 0.442 e. The highest BCUT2D eigenvalue weighted by Gasteiger charge is 2.23. The summed E-state index contributed by atoms with van der Waals surface area (Å²) < 4.78 is 41.1. The van der Waals surface area contributed by atoms with Crippen LogP contribution in [0, 0.1) is 19.8 Å². The van der Waals surface area contributed by atoms with Crippen LogP contribution >= 0.6 is 11.6 Å². The number of amides is 2. The summed E-state index contributed by atoms with van der Waals surface area (Å²) in [5.74, 6) is -1.35. The van der Waals surface area contributed by atoms with Crippen LogP contribution in [0.4, 0.5) is 14.9 Å². The molecule has 0 bridgehead atoms. The van der Waals surface area contributed by atoms with Crippen LogP contribution in [0.5, 0.6) is 11.6 Å². The van der Waals surface area contributed by atoms with Gasteiger partial charge in [0, 0.05) is 22.4 Å². The number of halogens is 2. The predicted molar refractivity (Wildman–Crippen MR) is 136 cm³/mol. The molecule has 2 heterocycles. The number of aromatic nitrogens is 3. The smallest absolute Gasteiger partial charge is 0.442 e. The van der Waals surface area contributed by atoms with Crippen molar-refractivity contribution in [1.29, 1.82) is 0 Å². The molecule has 0 aliphatic carbocycles. The Morgan fingerprint density at radius 2 is 1.84 bits per heavy atom. The Balaban J connectivity index is 1.93. The highest BCUT2D eigenvalue weighted by atomic mass is 35.5. The minimum Gasteiger partial charge on any atom is -0.442 e. The van der Waals surface area contributed by atoms with Gasteiger partial charge in [0.15, 0.2) is 10.9 Å². The number of anilines is 1. The zero-order valence-electron chi connectivity index (χ0n) is 21.0. The third-order valence-corrected chi connectivity index (χ3v) is 6.72. The van der Waals surface area contributed by atoms with Crippen LogP contribution in [0.1, 0.15) is 42.4 Å². The van der Waals surface area contributed by atoms with Crippen molar-refractivity contribution in [3.8, 4) is 11.6 Å². The highest BCUT2D eigenvalue weighted by molar-refractivity contribution is 7.93. The van der Waals surface area contributed by atoms with Gasteiger partial charge in [0.05, 0.1) is 15.4 Å². The molecule has 3 rings (SSSR count). The van der Waals surface area contributed by atoms with Crippen LogP contribution in [0.2, 0.25) is 5.15 Å². The molecule has 0 saturated heterocycles. The van der Waals surface area contributed by atoms with Crippen LogP contribution in [0.3, 0.4) is 0 Å². The van der Waals surface area contributed by atoms with Crippen LogP contribution in [-0.4, -0.2) is 43.2 Å². The first kappa shape index (κ1) is 27.9. The molecule has 10 nitrogen and oxygen atoms in total. The van der Waals surface area contributed by atoms with Crippen molar-refractivity contribution in [2.24, 2.45) is 4.36 Å². The lowest BCUT2D eigenvalue weighted by molar-refractivity contribution is 0.0607. The van der Waals surface area contributed by atoms with Crippen LogP contribution < -0.4 is 10.1 Å². The molecule has 0 radical (unpaired) electrons. The molecule has 1 atom stereocenters. The third kappa shape index (κ3) is 7.20. The number of nitrogens with zero attached hydrogens (tertiary/aromatic N) is 4. The average Bonchev–Trinajstić information content (AvgIpc) is 2.76. The van der Waals surface area contributed by atoms with E-state index in [4.69, 9.17) is 21.1 Å². The minimum absolute atomic E-state index is 0.0204. The van der Waals surface area contributed by atoms with E-state index in [-0.39, 0.29) is 44.2 Å². The van der Waals surface area contributed by atoms with Gasteiger partial charge in [0.1, 0.15) is 11.2 Å². The monoisotopic (exact) mass is 549 g/mol. The number of aryl methyl sites for hydroxylation is 1. The number of hydrogen-bond donors (Lipinski definition) is 1. The Morgan fingerprint density at radius 3 is 2.49 bits per heavy atom. The minimum atomic E-state index is -3.18.